The van der Waals surface area contributed by atoms with Crippen LogP contribution in [0.3, 0.4) is 0 Å². The summed E-state index contributed by atoms with van der Waals surface area (Å²) in [7, 11) is 5.34. The maximum atomic E-state index is 12.5. The number of ether oxygens (including phenoxy) is 1. The molecule has 1 N–H and O–H groups in total. The maximum absolute atomic E-state index is 12.5. The van der Waals surface area contributed by atoms with E-state index >= 15 is 0 Å². The van der Waals surface area contributed by atoms with Gasteiger partial charge in [-0.3, -0.25) is 9.48 Å². The molecule has 134 valence electrons. The molecular weight excluding hydrogens is 330 g/mol. The largest absolute Gasteiger partial charge is 0.497 e. The second-order valence-corrected chi connectivity index (χ2v) is 5.90. The van der Waals surface area contributed by atoms with E-state index in [2.05, 4.69) is 15.4 Å². The van der Waals surface area contributed by atoms with Gasteiger partial charge in [0.05, 0.1) is 13.3 Å². The van der Waals surface area contributed by atoms with E-state index < -0.39 is 6.04 Å². The van der Waals surface area contributed by atoms with E-state index in [4.69, 9.17) is 4.74 Å². The molecule has 0 aliphatic carbocycles. The zero-order chi connectivity index (χ0) is 18.5. The van der Waals surface area contributed by atoms with Crippen molar-refractivity contribution in [1.82, 2.24) is 24.6 Å². The fourth-order valence-corrected chi connectivity index (χ4v) is 2.66. The lowest BCUT2D eigenvalue weighted by atomic mass is 10.1. The summed E-state index contributed by atoms with van der Waals surface area (Å²) in [5, 5.41) is 7.09. The van der Waals surface area contributed by atoms with Crippen LogP contribution in [-0.4, -0.2) is 32.3 Å². The van der Waals surface area contributed by atoms with Crippen LogP contribution in [0.25, 0.3) is 6.08 Å². The molecule has 0 aliphatic rings. The molecule has 1 unspecified atom stereocenters. The molecule has 0 saturated carbocycles. The van der Waals surface area contributed by atoms with Crippen LogP contribution in [0.5, 0.6) is 5.75 Å². The molecule has 1 amide bonds. The van der Waals surface area contributed by atoms with Crippen molar-refractivity contribution in [3.05, 3.63) is 72.1 Å². The number of nitrogens with one attached hydrogen (secondary N) is 1. The van der Waals surface area contributed by atoms with E-state index in [1.165, 1.54) is 6.08 Å². The van der Waals surface area contributed by atoms with Gasteiger partial charge >= 0.3 is 0 Å². The van der Waals surface area contributed by atoms with Crippen molar-refractivity contribution in [3.63, 3.8) is 0 Å². The van der Waals surface area contributed by atoms with Gasteiger partial charge in [0.15, 0.2) is 0 Å². The molecule has 3 rings (SSSR count). The van der Waals surface area contributed by atoms with Gasteiger partial charge in [-0.1, -0.05) is 12.1 Å². The Morgan fingerprint density at radius 1 is 1.35 bits per heavy atom. The first-order valence-electron chi connectivity index (χ1n) is 8.15. The number of aromatic nitrogens is 4. The monoisotopic (exact) mass is 351 g/mol. The second kappa shape index (κ2) is 7.69. The van der Waals surface area contributed by atoms with Crippen LogP contribution < -0.4 is 10.1 Å². The number of methoxy groups -OCH3 is 1. The van der Waals surface area contributed by atoms with Gasteiger partial charge in [-0.05, 0) is 23.8 Å². The summed E-state index contributed by atoms with van der Waals surface area (Å²) in [6, 6.07) is 7.19. The molecule has 2 heterocycles. The minimum Gasteiger partial charge on any atom is -0.497 e. The zero-order valence-electron chi connectivity index (χ0n) is 15.0. The highest BCUT2D eigenvalue weighted by atomic mass is 16.5. The van der Waals surface area contributed by atoms with Gasteiger partial charge in [0, 0.05) is 44.3 Å². The van der Waals surface area contributed by atoms with Crippen LogP contribution in [0.1, 0.15) is 23.0 Å². The van der Waals surface area contributed by atoms with Gasteiger partial charge in [-0.25, -0.2) is 4.98 Å². The Hall–Kier alpha value is -3.35. The van der Waals surface area contributed by atoms with Crippen molar-refractivity contribution >= 4 is 12.0 Å². The molecule has 0 spiro atoms. The number of benzene rings is 1. The van der Waals surface area contributed by atoms with Crippen LogP contribution in [-0.2, 0) is 18.9 Å². The number of carbonyl (C=O) groups is 1. The lowest BCUT2D eigenvalue weighted by molar-refractivity contribution is -0.117. The van der Waals surface area contributed by atoms with Crippen LogP contribution in [0.15, 0.2) is 55.1 Å². The van der Waals surface area contributed by atoms with Crippen LogP contribution >= 0.6 is 0 Å². The number of rotatable bonds is 6. The normalized spacial score (nSPS) is 12.3. The summed E-state index contributed by atoms with van der Waals surface area (Å²) < 4.78 is 8.87. The topological polar surface area (TPSA) is 74.0 Å². The summed E-state index contributed by atoms with van der Waals surface area (Å²) in [5.74, 6) is 1.24. The van der Waals surface area contributed by atoms with E-state index in [0.29, 0.717) is 0 Å². The van der Waals surface area contributed by atoms with Crippen LogP contribution in [0.4, 0.5) is 0 Å². The zero-order valence-corrected chi connectivity index (χ0v) is 15.0. The number of hydrogen-bond acceptors (Lipinski definition) is 4. The molecule has 0 saturated heterocycles. The maximum Gasteiger partial charge on any atom is 0.244 e. The Balaban J connectivity index is 1.85. The average molecular weight is 351 g/mol. The number of hydrogen-bond donors (Lipinski definition) is 1. The molecule has 0 fully saturated rings. The molecule has 0 bridgehead atoms. The fourth-order valence-electron chi connectivity index (χ4n) is 2.66. The van der Waals surface area contributed by atoms with E-state index in [1.807, 2.05) is 55.3 Å². The van der Waals surface area contributed by atoms with Crippen molar-refractivity contribution in [3.8, 4) is 5.75 Å². The minimum atomic E-state index is -0.392. The van der Waals surface area contributed by atoms with Gasteiger partial charge in [-0.2, -0.15) is 5.10 Å². The van der Waals surface area contributed by atoms with Crippen molar-refractivity contribution in [2.45, 2.75) is 6.04 Å². The van der Waals surface area contributed by atoms with Crippen molar-refractivity contribution in [1.29, 1.82) is 0 Å². The molecular formula is C19H21N5O2. The molecule has 0 aliphatic heterocycles. The molecule has 3 aromatic rings. The lowest BCUT2D eigenvalue weighted by Crippen LogP contribution is -2.29. The van der Waals surface area contributed by atoms with Crippen molar-refractivity contribution < 1.29 is 9.53 Å². The molecule has 1 aromatic carbocycles. The highest BCUT2D eigenvalue weighted by Crippen LogP contribution is 2.24. The quantitative estimate of drug-likeness (QED) is 0.690. The first kappa shape index (κ1) is 17.5. The second-order valence-electron chi connectivity index (χ2n) is 5.90. The molecule has 1 atom stereocenters. The Kier molecular flexibility index (Phi) is 5.17. The van der Waals surface area contributed by atoms with E-state index in [0.717, 1.165) is 22.7 Å². The van der Waals surface area contributed by atoms with Crippen LogP contribution in [0.2, 0.25) is 0 Å². The molecule has 7 heteroatoms. The number of amides is 1. The summed E-state index contributed by atoms with van der Waals surface area (Å²) in [4.78, 5) is 16.9. The summed E-state index contributed by atoms with van der Waals surface area (Å²) in [6.45, 7) is 0. The predicted molar refractivity (Wildman–Crippen MR) is 98.4 cm³/mol. The highest BCUT2D eigenvalue weighted by molar-refractivity contribution is 5.92. The number of aryl methyl sites for hydroxylation is 2. The molecule has 7 nitrogen and oxygen atoms in total. The third-order valence-corrected chi connectivity index (χ3v) is 3.98. The first-order valence-corrected chi connectivity index (χ1v) is 8.15. The number of carbonyl (C=O) groups excluding carboxylic acids is 1. The Morgan fingerprint density at radius 3 is 2.85 bits per heavy atom. The Morgan fingerprint density at radius 2 is 2.19 bits per heavy atom. The lowest BCUT2D eigenvalue weighted by Gasteiger charge is -2.19. The van der Waals surface area contributed by atoms with Crippen LogP contribution in [0, 0.1) is 0 Å². The number of nitrogens with zero attached hydrogens (tertiary/aromatic N) is 4. The van der Waals surface area contributed by atoms with Gasteiger partial charge in [0.25, 0.3) is 0 Å². The Labute approximate surface area is 151 Å². The van der Waals surface area contributed by atoms with Crippen molar-refractivity contribution in [2.75, 3.05) is 7.11 Å². The minimum absolute atomic E-state index is 0.218. The SMILES string of the molecule is COc1cccc(C(NC(=O)/C=C/c2cnn(C)c2)c2nccn2C)c1. The third kappa shape index (κ3) is 4.00. The summed E-state index contributed by atoms with van der Waals surface area (Å²) in [6.07, 6.45) is 10.3. The van der Waals surface area contributed by atoms with E-state index in [1.54, 1.807) is 30.3 Å². The predicted octanol–water partition coefficient (Wildman–Crippen LogP) is 2.08. The summed E-state index contributed by atoms with van der Waals surface area (Å²) in [5.41, 5.74) is 1.75. The van der Waals surface area contributed by atoms with Gasteiger partial charge in [0.2, 0.25) is 5.91 Å². The van der Waals surface area contributed by atoms with Gasteiger partial charge in [-0.15, -0.1) is 0 Å². The Bertz CT molecular complexity index is 925. The van der Waals surface area contributed by atoms with E-state index in [-0.39, 0.29) is 5.91 Å². The average Bonchev–Trinajstić information content (AvgIpc) is 3.26. The molecule has 26 heavy (non-hydrogen) atoms. The fraction of sp³-hybridized carbons (Fsp3) is 0.211. The molecule has 2 aromatic heterocycles. The smallest absolute Gasteiger partial charge is 0.244 e. The standard InChI is InChI=1S/C19H21N5O2/c1-23-10-9-20-19(23)18(15-5-4-6-16(11-15)26-3)22-17(25)8-7-14-12-21-24(2)13-14/h4-13,18H,1-3H3,(H,22,25)/b8-7+. The van der Waals surface area contributed by atoms with Crippen molar-refractivity contribution in [2.24, 2.45) is 14.1 Å². The van der Waals surface area contributed by atoms with E-state index in [9.17, 15) is 4.79 Å². The number of imidazole rings is 1. The third-order valence-electron chi connectivity index (χ3n) is 3.98. The highest BCUT2D eigenvalue weighted by Gasteiger charge is 2.20. The molecule has 0 radical (unpaired) electrons. The first-order chi connectivity index (χ1) is 12.6. The van der Waals surface area contributed by atoms with Gasteiger partial charge < -0.3 is 14.6 Å². The summed E-state index contributed by atoms with van der Waals surface area (Å²) >= 11 is 0. The van der Waals surface area contributed by atoms with Gasteiger partial charge in [0.1, 0.15) is 17.6 Å².